The summed E-state index contributed by atoms with van der Waals surface area (Å²) < 4.78 is 0. The molecule has 2 N–H and O–H groups in total. The van der Waals surface area contributed by atoms with Crippen LogP contribution in [-0.2, 0) is 0 Å². The molecule has 5 atom stereocenters. The third-order valence-corrected chi connectivity index (χ3v) is 7.36. The van der Waals surface area contributed by atoms with Gasteiger partial charge in [0.2, 0.25) is 0 Å². The van der Waals surface area contributed by atoms with E-state index < -0.39 is 12.2 Å². The van der Waals surface area contributed by atoms with Crippen LogP contribution in [0.25, 0.3) is 0 Å². The average molecular weight is 373 g/mol. The third kappa shape index (κ3) is 5.35. The molecule has 0 saturated heterocycles. The fourth-order valence-corrected chi connectivity index (χ4v) is 5.72. The van der Waals surface area contributed by atoms with Crippen LogP contribution >= 0.6 is 0 Å². The molecule has 0 radical (unpaired) electrons. The molecule has 0 aromatic carbocycles. The predicted octanol–water partition coefficient (Wildman–Crippen LogP) is 5.95. The zero-order chi connectivity index (χ0) is 19.4. The number of hydrogen-bond donors (Lipinski definition) is 2. The van der Waals surface area contributed by atoms with Crippen LogP contribution in [0.2, 0.25) is 0 Å². The van der Waals surface area contributed by atoms with Crippen LogP contribution in [0.3, 0.4) is 0 Å². The summed E-state index contributed by atoms with van der Waals surface area (Å²) in [6.45, 7) is 8.47. The van der Waals surface area contributed by atoms with Crippen LogP contribution in [0.1, 0.15) is 84.5 Å². The van der Waals surface area contributed by atoms with Crippen molar-refractivity contribution in [3.63, 3.8) is 0 Å². The van der Waals surface area contributed by atoms with E-state index in [0.717, 1.165) is 23.7 Å². The SMILES string of the molecule is C=C1[C@H](O)CC(=CC=C2CCC[C@@H]3[C@@H](CCCCC(C)C)CC[C@@H]23)C[C@H]1O. The molecule has 0 aromatic heterocycles. The van der Waals surface area contributed by atoms with Crippen molar-refractivity contribution in [1.29, 1.82) is 0 Å². The highest BCUT2D eigenvalue weighted by Crippen LogP contribution is 2.50. The van der Waals surface area contributed by atoms with E-state index in [1.165, 1.54) is 63.4 Å². The minimum atomic E-state index is -0.584. The Balaban J connectivity index is 1.57. The van der Waals surface area contributed by atoms with Crippen LogP contribution in [0, 0.1) is 23.7 Å². The van der Waals surface area contributed by atoms with Crippen molar-refractivity contribution in [3.8, 4) is 0 Å². The molecule has 2 heteroatoms. The maximum atomic E-state index is 10.1. The first-order valence-corrected chi connectivity index (χ1v) is 11.4. The molecule has 152 valence electrons. The average Bonchev–Trinajstić information content (AvgIpc) is 3.05. The van der Waals surface area contributed by atoms with Gasteiger partial charge in [-0.15, -0.1) is 0 Å². The number of fused-ring (bicyclic) bond motifs is 1. The second kappa shape index (κ2) is 9.56. The summed E-state index contributed by atoms with van der Waals surface area (Å²) >= 11 is 0. The molecule has 2 nitrogen and oxygen atoms in total. The molecule has 0 amide bonds. The summed E-state index contributed by atoms with van der Waals surface area (Å²) in [6.07, 6.45) is 17.1. The minimum absolute atomic E-state index is 0.577. The van der Waals surface area contributed by atoms with Gasteiger partial charge >= 0.3 is 0 Å². The van der Waals surface area contributed by atoms with Crippen molar-refractivity contribution >= 4 is 0 Å². The molecule has 0 bridgehead atoms. The van der Waals surface area contributed by atoms with Gasteiger partial charge in [0, 0.05) is 0 Å². The summed E-state index contributed by atoms with van der Waals surface area (Å²) in [5, 5.41) is 20.1. The largest absolute Gasteiger partial charge is 0.388 e. The first kappa shape index (κ1) is 20.9. The number of hydrogen-bond acceptors (Lipinski definition) is 2. The normalized spacial score (nSPS) is 35.7. The van der Waals surface area contributed by atoms with Crippen molar-refractivity contribution in [2.45, 2.75) is 96.7 Å². The molecular weight excluding hydrogens is 332 g/mol. The van der Waals surface area contributed by atoms with Crippen molar-refractivity contribution in [1.82, 2.24) is 0 Å². The second-order valence-corrected chi connectivity index (χ2v) is 9.76. The molecule has 0 heterocycles. The van der Waals surface area contributed by atoms with E-state index in [9.17, 15) is 10.2 Å². The Morgan fingerprint density at radius 1 is 1.04 bits per heavy atom. The fourth-order valence-electron chi connectivity index (χ4n) is 5.72. The number of aliphatic hydroxyl groups excluding tert-OH is 2. The number of unbranched alkanes of at least 4 members (excludes halogenated alkanes) is 1. The first-order valence-electron chi connectivity index (χ1n) is 11.4. The maximum absolute atomic E-state index is 10.1. The van der Waals surface area contributed by atoms with Gasteiger partial charge < -0.3 is 10.2 Å². The summed E-state index contributed by atoms with van der Waals surface area (Å²) in [7, 11) is 0. The van der Waals surface area contributed by atoms with Gasteiger partial charge in [0.05, 0.1) is 12.2 Å². The molecule has 3 aliphatic rings. The van der Waals surface area contributed by atoms with Crippen LogP contribution in [-0.4, -0.2) is 22.4 Å². The second-order valence-electron chi connectivity index (χ2n) is 9.76. The van der Waals surface area contributed by atoms with Gasteiger partial charge in [0.1, 0.15) is 0 Å². The minimum Gasteiger partial charge on any atom is -0.388 e. The van der Waals surface area contributed by atoms with E-state index in [0.29, 0.717) is 18.4 Å². The Hall–Kier alpha value is -0.860. The van der Waals surface area contributed by atoms with Crippen LogP contribution < -0.4 is 0 Å². The van der Waals surface area contributed by atoms with Gasteiger partial charge in [-0.3, -0.25) is 0 Å². The highest BCUT2D eigenvalue weighted by molar-refractivity contribution is 5.28. The lowest BCUT2D eigenvalue weighted by Crippen LogP contribution is -2.27. The molecular formula is C25H40O2. The Morgan fingerprint density at radius 2 is 1.78 bits per heavy atom. The van der Waals surface area contributed by atoms with Crippen molar-refractivity contribution in [3.05, 3.63) is 35.5 Å². The first-order chi connectivity index (χ1) is 13.0. The third-order valence-electron chi connectivity index (χ3n) is 7.36. The van der Waals surface area contributed by atoms with Gasteiger partial charge in [-0.1, -0.05) is 69.4 Å². The van der Waals surface area contributed by atoms with Crippen LogP contribution in [0.15, 0.2) is 35.5 Å². The van der Waals surface area contributed by atoms with Gasteiger partial charge in [-0.25, -0.2) is 0 Å². The topological polar surface area (TPSA) is 40.5 Å². The Morgan fingerprint density at radius 3 is 2.48 bits per heavy atom. The molecule has 3 saturated carbocycles. The predicted molar refractivity (Wildman–Crippen MR) is 113 cm³/mol. The van der Waals surface area contributed by atoms with E-state index in [1.807, 2.05) is 0 Å². The smallest absolute Gasteiger partial charge is 0.0809 e. The molecule has 3 fully saturated rings. The van der Waals surface area contributed by atoms with E-state index in [1.54, 1.807) is 5.57 Å². The lowest BCUT2D eigenvalue weighted by molar-refractivity contribution is 0.123. The van der Waals surface area contributed by atoms with Gasteiger partial charge in [0.25, 0.3) is 0 Å². The quantitative estimate of drug-likeness (QED) is 0.446. The molecule has 3 aliphatic carbocycles. The maximum Gasteiger partial charge on any atom is 0.0809 e. The fraction of sp³-hybridized carbons (Fsp3) is 0.760. The zero-order valence-corrected chi connectivity index (χ0v) is 17.5. The molecule has 0 unspecified atom stereocenters. The summed E-state index contributed by atoms with van der Waals surface area (Å²) in [5.74, 6) is 3.48. The number of rotatable bonds is 6. The van der Waals surface area contributed by atoms with E-state index in [4.69, 9.17) is 0 Å². The van der Waals surface area contributed by atoms with Crippen LogP contribution in [0.5, 0.6) is 0 Å². The highest BCUT2D eigenvalue weighted by Gasteiger charge is 2.39. The van der Waals surface area contributed by atoms with E-state index in [2.05, 4.69) is 32.6 Å². The lowest BCUT2D eigenvalue weighted by atomic mass is 9.73. The molecule has 27 heavy (non-hydrogen) atoms. The summed E-state index contributed by atoms with van der Waals surface area (Å²) in [6, 6.07) is 0. The van der Waals surface area contributed by atoms with Crippen molar-refractivity contribution in [2.24, 2.45) is 23.7 Å². The summed E-state index contributed by atoms with van der Waals surface area (Å²) in [4.78, 5) is 0. The highest BCUT2D eigenvalue weighted by atomic mass is 16.3. The Bertz CT molecular complexity index is 555. The standard InChI is InChI=1S/C25H40O2/c1-17(2)7-4-5-8-20-13-14-23-21(9-6-10-22(20)23)12-11-19-15-24(26)18(3)25(27)16-19/h11-12,17,20,22-27H,3-10,13-16H2,1-2H3/t20-,22+,23-,24+,25+/m0/s1. The lowest BCUT2D eigenvalue weighted by Gasteiger charge is -2.32. The molecule has 3 rings (SSSR count). The molecule has 0 aromatic rings. The Kier molecular flexibility index (Phi) is 7.39. The summed E-state index contributed by atoms with van der Waals surface area (Å²) in [5.41, 5.74) is 3.38. The van der Waals surface area contributed by atoms with Crippen molar-refractivity contribution < 1.29 is 10.2 Å². The van der Waals surface area contributed by atoms with E-state index >= 15 is 0 Å². The van der Waals surface area contributed by atoms with Crippen LogP contribution in [0.4, 0.5) is 0 Å². The monoisotopic (exact) mass is 372 g/mol. The molecule has 0 spiro atoms. The van der Waals surface area contributed by atoms with Gasteiger partial charge in [0.15, 0.2) is 0 Å². The zero-order valence-electron chi connectivity index (χ0n) is 17.5. The van der Waals surface area contributed by atoms with Gasteiger partial charge in [-0.2, -0.15) is 0 Å². The van der Waals surface area contributed by atoms with Gasteiger partial charge in [-0.05, 0) is 74.2 Å². The number of allylic oxidation sites excluding steroid dienone is 3. The van der Waals surface area contributed by atoms with E-state index in [-0.39, 0.29) is 0 Å². The van der Waals surface area contributed by atoms with Crippen molar-refractivity contribution in [2.75, 3.05) is 0 Å². The Labute approximate surface area is 166 Å². The molecule has 0 aliphatic heterocycles. The number of aliphatic hydroxyl groups is 2.